The molecule has 0 radical (unpaired) electrons. The molecule has 0 saturated heterocycles. The zero-order valence-electron chi connectivity index (χ0n) is 14.6. The van der Waals surface area contributed by atoms with Crippen molar-refractivity contribution in [3.8, 4) is 0 Å². The van der Waals surface area contributed by atoms with Crippen LogP contribution in [-0.4, -0.2) is 11.1 Å². The highest BCUT2D eigenvalue weighted by molar-refractivity contribution is 5.66. The van der Waals surface area contributed by atoms with Gasteiger partial charge in [-0.25, -0.2) is 0 Å². The molecule has 0 amide bonds. The summed E-state index contributed by atoms with van der Waals surface area (Å²) in [5.74, 6) is -0.665. The predicted molar refractivity (Wildman–Crippen MR) is 96.2 cm³/mol. The number of unbranched alkanes of at least 4 members (excludes halogenated alkanes) is 10. The van der Waals surface area contributed by atoms with Crippen molar-refractivity contribution in [1.29, 1.82) is 0 Å². The predicted octanol–water partition coefficient (Wildman–Crippen LogP) is 6.66. The van der Waals surface area contributed by atoms with Gasteiger partial charge in [0.05, 0.1) is 0 Å². The van der Waals surface area contributed by atoms with E-state index in [2.05, 4.69) is 31.2 Å². The highest BCUT2D eigenvalue weighted by atomic mass is 16.4. The Labute approximate surface area is 137 Å². The van der Waals surface area contributed by atoms with E-state index in [0.29, 0.717) is 6.42 Å². The lowest BCUT2D eigenvalue weighted by molar-refractivity contribution is -0.137. The summed E-state index contributed by atoms with van der Waals surface area (Å²) in [6.07, 6.45) is 25.2. The normalized spacial score (nSPS) is 11.7. The average molecular weight is 309 g/mol. The standard InChI is InChI=1S/C20H36O2/c1-2-3-4-5-6-7-8-9-10-11-12-13-14-15-16-17-18-19-20(21)22/h5-6,10-11H,2-4,7-9,12-19H2,1H3,(H,21,22). The Hall–Kier alpha value is -1.05. The van der Waals surface area contributed by atoms with Crippen LogP contribution in [0.5, 0.6) is 0 Å². The van der Waals surface area contributed by atoms with Crippen molar-refractivity contribution in [2.75, 3.05) is 0 Å². The molecule has 22 heavy (non-hydrogen) atoms. The molecule has 0 saturated carbocycles. The monoisotopic (exact) mass is 308 g/mol. The van der Waals surface area contributed by atoms with Crippen LogP contribution in [-0.2, 0) is 4.79 Å². The maximum atomic E-state index is 10.3. The quantitative estimate of drug-likeness (QED) is 0.255. The van der Waals surface area contributed by atoms with Crippen molar-refractivity contribution in [2.24, 2.45) is 0 Å². The topological polar surface area (TPSA) is 37.3 Å². The molecule has 0 aromatic heterocycles. The van der Waals surface area contributed by atoms with Gasteiger partial charge < -0.3 is 5.11 Å². The van der Waals surface area contributed by atoms with Crippen molar-refractivity contribution < 1.29 is 9.90 Å². The molecule has 0 aromatic carbocycles. The number of carboxylic acid groups (broad SMARTS) is 1. The SMILES string of the molecule is CCCCC=CCCCC=CCCCCCCCCC(=O)O. The van der Waals surface area contributed by atoms with Gasteiger partial charge in [-0.3, -0.25) is 4.79 Å². The lowest BCUT2D eigenvalue weighted by Crippen LogP contribution is -1.93. The minimum absolute atomic E-state index is 0.330. The molecule has 2 nitrogen and oxygen atoms in total. The fraction of sp³-hybridized carbons (Fsp3) is 0.750. The molecule has 0 spiro atoms. The molecule has 0 heterocycles. The number of allylic oxidation sites excluding steroid dienone is 4. The molecule has 0 aromatic rings. The van der Waals surface area contributed by atoms with Crippen LogP contribution in [0.3, 0.4) is 0 Å². The van der Waals surface area contributed by atoms with Gasteiger partial charge in [-0.2, -0.15) is 0 Å². The van der Waals surface area contributed by atoms with Crippen LogP contribution in [0.1, 0.15) is 96.8 Å². The van der Waals surface area contributed by atoms with E-state index in [-0.39, 0.29) is 0 Å². The van der Waals surface area contributed by atoms with Gasteiger partial charge in [0.15, 0.2) is 0 Å². The molecule has 2 heteroatoms. The second kappa shape index (κ2) is 18.0. The lowest BCUT2D eigenvalue weighted by atomic mass is 10.1. The number of rotatable bonds is 16. The molecule has 0 atom stereocenters. The molecule has 0 aliphatic carbocycles. The van der Waals surface area contributed by atoms with Crippen molar-refractivity contribution in [2.45, 2.75) is 96.8 Å². The Kier molecular flexibility index (Phi) is 17.1. The van der Waals surface area contributed by atoms with Crippen LogP contribution >= 0.6 is 0 Å². The van der Waals surface area contributed by atoms with Gasteiger partial charge in [0, 0.05) is 6.42 Å². The minimum atomic E-state index is -0.665. The van der Waals surface area contributed by atoms with E-state index in [1.54, 1.807) is 0 Å². The molecule has 0 aliphatic heterocycles. The van der Waals surface area contributed by atoms with Gasteiger partial charge in [0.1, 0.15) is 0 Å². The second-order valence-electron chi connectivity index (χ2n) is 6.07. The average Bonchev–Trinajstić information content (AvgIpc) is 2.50. The summed E-state index contributed by atoms with van der Waals surface area (Å²) in [6.45, 7) is 2.23. The van der Waals surface area contributed by atoms with Crippen molar-refractivity contribution in [1.82, 2.24) is 0 Å². The van der Waals surface area contributed by atoms with Crippen LogP contribution < -0.4 is 0 Å². The Morgan fingerprint density at radius 3 is 1.68 bits per heavy atom. The smallest absolute Gasteiger partial charge is 0.303 e. The first-order chi connectivity index (χ1) is 10.8. The van der Waals surface area contributed by atoms with Crippen LogP contribution in [0.4, 0.5) is 0 Å². The van der Waals surface area contributed by atoms with Crippen molar-refractivity contribution in [3.63, 3.8) is 0 Å². The molecule has 0 bridgehead atoms. The second-order valence-corrected chi connectivity index (χ2v) is 6.07. The summed E-state index contributed by atoms with van der Waals surface area (Å²) < 4.78 is 0. The van der Waals surface area contributed by atoms with Gasteiger partial charge >= 0.3 is 5.97 Å². The molecule has 0 aliphatic rings. The summed E-state index contributed by atoms with van der Waals surface area (Å²) >= 11 is 0. The van der Waals surface area contributed by atoms with Crippen LogP contribution in [0.2, 0.25) is 0 Å². The highest BCUT2D eigenvalue weighted by Crippen LogP contribution is 2.09. The van der Waals surface area contributed by atoms with E-state index in [9.17, 15) is 4.79 Å². The van der Waals surface area contributed by atoms with E-state index in [1.807, 2.05) is 0 Å². The fourth-order valence-electron chi connectivity index (χ4n) is 2.39. The van der Waals surface area contributed by atoms with Gasteiger partial charge in [0.25, 0.3) is 0 Å². The molecule has 0 unspecified atom stereocenters. The van der Waals surface area contributed by atoms with Crippen molar-refractivity contribution in [3.05, 3.63) is 24.3 Å². The molecular formula is C20H36O2. The Balaban J connectivity index is 3.14. The molecule has 0 fully saturated rings. The molecule has 1 N–H and O–H groups in total. The number of hydrogen-bond acceptors (Lipinski definition) is 1. The third-order valence-electron chi connectivity index (χ3n) is 3.81. The van der Waals surface area contributed by atoms with Gasteiger partial charge in [0.2, 0.25) is 0 Å². The first kappa shape index (κ1) is 20.9. The Morgan fingerprint density at radius 2 is 1.14 bits per heavy atom. The van der Waals surface area contributed by atoms with Crippen LogP contribution in [0.15, 0.2) is 24.3 Å². The molecule has 128 valence electrons. The summed E-state index contributed by atoms with van der Waals surface area (Å²) in [5.41, 5.74) is 0. The van der Waals surface area contributed by atoms with E-state index < -0.39 is 5.97 Å². The van der Waals surface area contributed by atoms with E-state index >= 15 is 0 Å². The zero-order valence-corrected chi connectivity index (χ0v) is 14.6. The van der Waals surface area contributed by atoms with Gasteiger partial charge in [-0.05, 0) is 44.9 Å². The van der Waals surface area contributed by atoms with Gasteiger partial charge in [-0.15, -0.1) is 0 Å². The van der Waals surface area contributed by atoms with Crippen LogP contribution in [0.25, 0.3) is 0 Å². The van der Waals surface area contributed by atoms with E-state index in [1.165, 1.54) is 70.6 Å². The summed E-state index contributed by atoms with van der Waals surface area (Å²) in [6, 6.07) is 0. The fourth-order valence-corrected chi connectivity index (χ4v) is 2.39. The maximum Gasteiger partial charge on any atom is 0.303 e. The van der Waals surface area contributed by atoms with Crippen molar-refractivity contribution >= 4 is 5.97 Å². The third-order valence-corrected chi connectivity index (χ3v) is 3.81. The number of aliphatic carboxylic acids is 1. The lowest BCUT2D eigenvalue weighted by Gasteiger charge is -1.99. The highest BCUT2D eigenvalue weighted by Gasteiger charge is 1.96. The Morgan fingerprint density at radius 1 is 0.682 bits per heavy atom. The number of carboxylic acids is 1. The Bertz CT molecular complexity index is 292. The largest absolute Gasteiger partial charge is 0.481 e. The number of carbonyl (C=O) groups is 1. The molecular weight excluding hydrogens is 272 g/mol. The summed E-state index contributed by atoms with van der Waals surface area (Å²) in [7, 11) is 0. The number of hydrogen-bond donors (Lipinski definition) is 1. The molecule has 0 rings (SSSR count). The summed E-state index contributed by atoms with van der Waals surface area (Å²) in [5, 5.41) is 8.53. The van der Waals surface area contributed by atoms with E-state index in [4.69, 9.17) is 5.11 Å². The third kappa shape index (κ3) is 18.9. The first-order valence-corrected chi connectivity index (χ1v) is 9.29. The maximum absolute atomic E-state index is 10.3. The first-order valence-electron chi connectivity index (χ1n) is 9.29. The summed E-state index contributed by atoms with van der Waals surface area (Å²) in [4.78, 5) is 10.3. The van der Waals surface area contributed by atoms with E-state index in [0.717, 1.165) is 12.8 Å². The van der Waals surface area contributed by atoms with Crippen LogP contribution in [0, 0.1) is 0 Å². The zero-order chi connectivity index (χ0) is 16.3. The van der Waals surface area contributed by atoms with Gasteiger partial charge in [-0.1, -0.05) is 69.8 Å². The minimum Gasteiger partial charge on any atom is -0.481 e.